The van der Waals surface area contributed by atoms with Crippen LogP contribution in [0.3, 0.4) is 0 Å². The highest BCUT2D eigenvalue weighted by atomic mass is 32.2. The van der Waals surface area contributed by atoms with Crippen LogP contribution in [0.15, 0.2) is 45.9 Å². The van der Waals surface area contributed by atoms with E-state index in [4.69, 9.17) is 13.9 Å². The normalized spacial score (nSPS) is 11.0. The zero-order valence-corrected chi connectivity index (χ0v) is 14.1. The Balaban J connectivity index is 1.72. The van der Waals surface area contributed by atoms with Crippen LogP contribution in [-0.2, 0) is 10.5 Å². The predicted molar refractivity (Wildman–Crippen MR) is 90.2 cm³/mol. The number of nitrogens with one attached hydrogen (secondary N) is 1. The highest BCUT2D eigenvalue weighted by Gasteiger charge is 2.07. The molecule has 2 rings (SSSR count). The molecule has 0 fully saturated rings. The van der Waals surface area contributed by atoms with Crippen LogP contribution in [0.5, 0.6) is 11.5 Å². The number of benzene rings is 1. The van der Waals surface area contributed by atoms with E-state index in [1.165, 1.54) is 6.21 Å². The first-order valence-electron chi connectivity index (χ1n) is 7.14. The van der Waals surface area contributed by atoms with E-state index >= 15 is 0 Å². The number of alkyl halides is 2. The van der Waals surface area contributed by atoms with Gasteiger partial charge in [0.1, 0.15) is 23.0 Å². The molecule has 6 nitrogen and oxygen atoms in total. The molecular weight excluding hydrogens is 354 g/mol. The SMILES string of the molecule is COc1ccc(OCC(=O)N/N=C\c2ccc(CSC(F)F)o2)cc1. The van der Waals surface area contributed by atoms with E-state index < -0.39 is 11.7 Å². The lowest BCUT2D eigenvalue weighted by molar-refractivity contribution is -0.123. The highest BCUT2D eigenvalue weighted by molar-refractivity contribution is 7.98. The van der Waals surface area contributed by atoms with Crippen LogP contribution in [-0.4, -0.2) is 31.6 Å². The number of hydrogen-bond acceptors (Lipinski definition) is 6. The fourth-order valence-corrected chi connectivity index (χ4v) is 2.15. The number of rotatable bonds is 9. The zero-order valence-electron chi connectivity index (χ0n) is 13.3. The van der Waals surface area contributed by atoms with Crippen molar-refractivity contribution in [3.63, 3.8) is 0 Å². The first-order chi connectivity index (χ1) is 12.1. The molecule has 0 atom stereocenters. The molecular formula is C16H16F2N2O4S. The Bertz CT molecular complexity index is 704. The first-order valence-corrected chi connectivity index (χ1v) is 8.19. The van der Waals surface area contributed by atoms with Gasteiger partial charge in [0.15, 0.2) is 6.61 Å². The van der Waals surface area contributed by atoms with E-state index in [1.807, 2.05) is 0 Å². The molecule has 0 aliphatic carbocycles. The van der Waals surface area contributed by atoms with Gasteiger partial charge < -0.3 is 13.9 Å². The predicted octanol–water partition coefficient (Wildman–Crippen LogP) is 3.27. The smallest absolute Gasteiger partial charge is 0.284 e. The first kappa shape index (κ1) is 18.8. The number of hydrazone groups is 1. The second-order valence-corrected chi connectivity index (χ2v) is 5.61. The summed E-state index contributed by atoms with van der Waals surface area (Å²) in [4.78, 5) is 11.6. The van der Waals surface area contributed by atoms with Crippen LogP contribution in [0, 0.1) is 0 Å². The summed E-state index contributed by atoms with van der Waals surface area (Å²) >= 11 is 0.467. The van der Waals surface area contributed by atoms with E-state index in [0.717, 1.165) is 0 Å². The quantitative estimate of drug-likeness (QED) is 0.542. The number of hydrogen-bond donors (Lipinski definition) is 1. The summed E-state index contributed by atoms with van der Waals surface area (Å²) in [7, 11) is 1.56. The second kappa shape index (κ2) is 9.67. The van der Waals surface area contributed by atoms with Gasteiger partial charge in [-0.15, -0.1) is 0 Å². The minimum atomic E-state index is -2.45. The van der Waals surface area contributed by atoms with Crippen LogP contribution in [0.2, 0.25) is 0 Å². The Morgan fingerprint density at radius 2 is 2.00 bits per heavy atom. The molecule has 0 spiro atoms. The molecule has 1 aromatic carbocycles. The Morgan fingerprint density at radius 3 is 2.68 bits per heavy atom. The Morgan fingerprint density at radius 1 is 1.28 bits per heavy atom. The van der Waals surface area contributed by atoms with E-state index in [9.17, 15) is 13.6 Å². The van der Waals surface area contributed by atoms with Crippen LogP contribution in [0.4, 0.5) is 8.78 Å². The van der Waals surface area contributed by atoms with Gasteiger partial charge in [-0.2, -0.15) is 13.9 Å². The molecule has 25 heavy (non-hydrogen) atoms. The Labute approximate surface area is 147 Å². The maximum atomic E-state index is 12.1. The fourth-order valence-electron chi connectivity index (χ4n) is 1.71. The van der Waals surface area contributed by atoms with Crippen molar-refractivity contribution in [3.05, 3.63) is 47.9 Å². The van der Waals surface area contributed by atoms with E-state index in [2.05, 4.69) is 10.5 Å². The molecule has 0 bridgehead atoms. The average Bonchev–Trinajstić information content (AvgIpc) is 3.06. The summed E-state index contributed by atoms with van der Waals surface area (Å²) in [6.07, 6.45) is 1.28. The molecule has 0 unspecified atom stereocenters. The van der Waals surface area contributed by atoms with Crippen molar-refractivity contribution >= 4 is 23.9 Å². The van der Waals surface area contributed by atoms with E-state index in [-0.39, 0.29) is 12.4 Å². The molecule has 0 aliphatic rings. The number of amides is 1. The number of carbonyl (C=O) groups is 1. The Hall–Kier alpha value is -2.55. The monoisotopic (exact) mass is 370 g/mol. The number of ether oxygens (including phenoxy) is 2. The summed E-state index contributed by atoms with van der Waals surface area (Å²) in [5.41, 5.74) is 2.28. The van der Waals surface area contributed by atoms with Gasteiger partial charge in [0.2, 0.25) is 0 Å². The minimum absolute atomic E-state index is 0.0631. The average molecular weight is 370 g/mol. The van der Waals surface area contributed by atoms with Crippen molar-refractivity contribution in [2.45, 2.75) is 11.5 Å². The van der Waals surface area contributed by atoms with Crippen LogP contribution >= 0.6 is 11.8 Å². The third kappa shape index (κ3) is 6.84. The molecule has 0 radical (unpaired) electrons. The van der Waals surface area contributed by atoms with Crippen molar-refractivity contribution in [1.29, 1.82) is 0 Å². The summed E-state index contributed by atoms with van der Waals surface area (Å²) in [6, 6.07) is 9.93. The number of thioether (sulfide) groups is 1. The van der Waals surface area contributed by atoms with Crippen molar-refractivity contribution in [1.82, 2.24) is 5.43 Å². The van der Waals surface area contributed by atoms with Crippen LogP contribution in [0.1, 0.15) is 11.5 Å². The van der Waals surface area contributed by atoms with Crippen molar-refractivity contribution in [3.8, 4) is 11.5 Å². The summed E-state index contributed by atoms with van der Waals surface area (Å²) in [5.74, 6) is -0.882. The van der Waals surface area contributed by atoms with Gasteiger partial charge in [0.05, 0.1) is 19.1 Å². The molecule has 2 aromatic rings. The number of methoxy groups -OCH3 is 1. The lowest BCUT2D eigenvalue weighted by atomic mass is 10.3. The lowest BCUT2D eigenvalue weighted by Crippen LogP contribution is -2.24. The van der Waals surface area contributed by atoms with Gasteiger partial charge in [-0.1, -0.05) is 11.8 Å². The van der Waals surface area contributed by atoms with Crippen LogP contribution in [0.25, 0.3) is 0 Å². The topological polar surface area (TPSA) is 73.1 Å². The van der Waals surface area contributed by atoms with Gasteiger partial charge in [-0.3, -0.25) is 4.79 Å². The van der Waals surface area contributed by atoms with Gasteiger partial charge in [-0.25, -0.2) is 5.43 Å². The van der Waals surface area contributed by atoms with Gasteiger partial charge in [0.25, 0.3) is 11.7 Å². The minimum Gasteiger partial charge on any atom is -0.497 e. The van der Waals surface area contributed by atoms with Crippen molar-refractivity contribution in [2.24, 2.45) is 5.10 Å². The number of furan rings is 1. The molecule has 0 saturated carbocycles. The van der Waals surface area contributed by atoms with E-state index in [0.29, 0.717) is 34.8 Å². The maximum absolute atomic E-state index is 12.1. The number of nitrogens with zero attached hydrogens (tertiary/aromatic N) is 1. The molecule has 1 heterocycles. The third-order valence-electron chi connectivity index (χ3n) is 2.84. The molecule has 134 valence electrons. The Kier molecular flexibility index (Phi) is 7.27. The molecule has 0 aliphatic heterocycles. The lowest BCUT2D eigenvalue weighted by Gasteiger charge is -2.05. The fraction of sp³-hybridized carbons (Fsp3) is 0.250. The largest absolute Gasteiger partial charge is 0.497 e. The summed E-state index contributed by atoms with van der Waals surface area (Å²) in [5, 5.41) is 3.72. The van der Waals surface area contributed by atoms with Crippen LogP contribution < -0.4 is 14.9 Å². The zero-order chi connectivity index (χ0) is 18.1. The molecule has 1 amide bonds. The second-order valence-electron chi connectivity index (χ2n) is 4.63. The van der Waals surface area contributed by atoms with Crippen molar-refractivity contribution in [2.75, 3.05) is 13.7 Å². The number of halogens is 2. The summed E-state index contributed by atoms with van der Waals surface area (Å²) < 4.78 is 39.7. The van der Waals surface area contributed by atoms with Crippen molar-refractivity contribution < 1.29 is 27.5 Å². The number of carbonyl (C=O) groups excluding carboxylic acids is 1. The van der Waals surface area contributed by atoms with E-state index in [1.54, 1.807) is 43.5 Å². The molecule has 0 saturated heterocycles. The molecule has 1 aromatic heterocycles. The highest BCUT2D eigenvalue weighted by Crippen LogP contribution is 2.20. The standard InChI is InChI=1S/C16H16F2N2O4S/c1-22-11-2-4-12(5-3-11)23-9-15(21)20-19-8-13-6-7-14(24-13)10-25-16(17)18/h2-8,16H,9-10H2,1H3,(H,20,21)/b19-8-. The van der Waals surface area contributed by atoms with Gasteiger partial charge in [0, 0.05) is 0 Å². The van der Waals surface area contributed by atoms with Gasteiger partial charge in [-0.05, 0) is 36.4 Å². The van der Waals surface area contributed by atoms with Gasteiger partial charge >= 0.3 is 0 Å². The molecule has 9 heteroatoms. The third-order valence-corrected chi connectivity index (χ3v) is 3.55. The summed E-state index contributed by atoms with van der Waals surface area (Å²) in [6.45, 7) is -0.210. The maximum Gasteiger partial charge on any atom is 0.284 e. The molecule has 1 N–H and O–H groups in total.